The molecule has 0 radical (unpaired) electrons. The van der Waals surface area contributed by atoms with Crippen molar-refractivity contribution < 1.29 is 14.3 Å². The molecule has 5 aromatic carbocycles. The number of imidazole rings is 1. The molecule has 0 bridgehead atoms. The Bertz CT molecular complexity index is 2370. The molecule has 53 heavy (non-hydrogen) atoms. The fourth-order valence-electron chi connectivity index (χ4n) is 7.78. The van der Waals surface area contributed by atoms with Gasteiger partial charge in [-0.25, -0.2) is 14.6 Å². The third-order valence-corrected chi connectivity index (χ3v) is 10.4. The van der Waals surface area contributed by atoms with Crippen LogP contribution in [0, 0.1) is 6.57 Å². The number of benzene rings is 5. The molecule has 2 aliphatic rings. The van der Waals surface area contributed by atoms with Gasteiger partial charge < -0.3 is 14.0 Å². The van der Waals surface area contributed by atoms with Crippen molar-refractivity contribution in [3.05, 3.63) is 192 Å². The first-order chi connectivity index (χ1) is 26.0. The summed E-state index contributed by atoms with van der Waals surface area (Å²) in [4.78, 5) is 23.7. The number of amides is 1. The van der Waals surface area contributed by atoms with Crippen molar-refractivity contribution in [3.63, 3.8) is 0 Å². The minimum atomic E-state index is -0.928. The summed E-state index contributed by atoms with van der Waals surface area (Å²) in [5, 5.41) is 0. The molecule has 0 unspecified atom stereocenters. The van der Waals surface area contributed by atoms with Crippen LogP contribution in [0.15, 0.2) is 158 Å². The summed E-state index contributed by atoms with van der Waals surface area (Å²) in [6.07, 6.45) is 4.98. The van der Waals surface area contributed by atoms with Gasteiger partial charge in [0.2, 0.25) is 0 Å². The van der Waals surface area contributed by atoms with Gasteiger partial charge in [0, 0.05) is 36.4 Å². The third-order valence-electron chi connectivity index (χ3n) is 10.4. The second kappa shape index (κ2) is 13.1. The summed E-state index contributed by atoms with van der Waals surface area (Å²) in [6.45, 7) is 10.1. The van der Waals surface area contributed by atoms with E-state index in [-0.39, 0.29) is 12.6 Å². The van der Waals surface area contributed by atoms with Crippen molar-refractivity contribution in [2.75, 3.05) is 11.5 Å². The highest BCUT2D eigenvalue weighted by atomic mass is 16.6. The van der Waals surface area contributed by atoms with E-state index in [9.17, 15) is 4.79 Å². The highest BCUT2D eigenvalue weighted by molar-refractivity contribution is 5.91. The van der Waals surface area contributed by atoms with Gasteiger partial charge in [-0.15, -0.1) is 0 Å². The lowest BCUT2D eigenvalue weighted by Crippen LogP contribution is -2.40. The zero-order valence-electron chi connectivity index (χ0n) is 29.0. The van der Waals surface area contributed by atoms with Crippen LogP contribution in [-0.2, 0) is 21.6 Å². The van der Waals surface area contributed by atoms with Crippen molar-refractivity contribution in [2.24, 2.45) is 0 Å². The number of carbonyl (C=O) groups excluding carboxylic acids is 1. The van der Waals surface area contributed by atoms with Gasteiger partial charge in [-0.1, -0.05) is 115 Å². The quantitative estimate of drug-likeness (QED) is 0.117. The maximum atomic E-state index is 13.7. The maximum Gasteiger partial charge on any atom is 0.415 e. The van der Waals surface area contributed by atoms with Crippen LogP contribution in [0.4, 0.5) is 16.2 Å². The molecule has 1 fully saturated rings. The summed E-state index contributed by atoms with van der Waals surface area (Å²) in [7, 11) is 0. The number of rotatable bonds is 8. The zero-order valence-corrected chi connectivity index (χ0v) is 29.0. The van der Waals surface area contributed by atoms with Gasteiger partial charge in [0.1, 0.15) is 11.7 Å². The minimum absolute atomic E-state index is 0.178. The van der Waals surface area contributed by atoms with Gasteiger partial charge in [0.15, 0.2) is 11.5 Å². The largest absolute Gasteiger partial charge is 0.441 e. The van der Waals surface area contributed by atoms with Gasteiger partial charge in [0.05, 0.1) is 30.6 Å². The number of carbonyl (C=O) groups is 1. The Labute approximate surface area is 307 Å². The summed E-state index contributed by atoms with van der Waals surface area (Å²) in [6, 6.07) is 46.3. The summed E-state index contributed by atoms with van der Waals surface area (Å²) >= 11 is 0. The Hall–Kier alpha value is -6.69. The highest BCUT2D eigenvalue weighted by Gasteiger charge is 2.44. The standard InChI is InChI=1S/C45H35N5O3/c1-31-42(30-52-45(35-12-6-3-7-13-35,36-14-8-4-9-15-36)37-16-10-5-11-17-37)53-44(51)50(31)39-22-23-40-34(26-39)29-48-28-33(32-18-20-38(46-2)21-19-32)27-41(48)43-47-24-25-49(40)43/h3-28,31,42H,29-30H2,1H3/t31-,42+/m0/s1. The molecule has 0 saturated carbocycles. The second-order valence-electron chi connectivity index (χ2n) is 13.5. The molecule has 2 aliphatic heterocycles. The topological polar surface area (TPSA) is 65.9 Å². The predicted molar refractivity (Wildman–Crippen MR) is 205 cm³/mol. The van der Waals surface area contributed by atoms with Gasteiger partial charge in [-0.3, -0.25) is 9.47 Å². The molecule has 4 heterocycles. The molecule has 0 N–H and O–H groups in total. The highest BCUT2D eigenvalue weighted by Crippen LogP contribution is 2.42. The number of aromatic nitrogens is 3. The molecule has 2 aromatic heterocycles. The molecule has 7 aromatic rings. The molecule has 8 heteroatoms. The van der Waals surface area contributed by atoms with Crippen LogP contribution in [0.2, 0.25) is 0 Å². The number of anilines is 1. The maximum absolute atomic E-state index is 13.7. The van der Waals surface area contributed by atoms with E-state index in [4.69, 9.17) is 21.0 Å². The molecule has 9 rings (SSSR count). The molecule has 8 nitrogen and oxygen atoms in total. The van der Waals surface area contributed by atoms with Gasteiger partial charge >= 0.3 is 6.09 Å². The number of ether oxygens (including phenoxy) is 2. The minimum Gasteiger partial charge on any atom is -0.441 e. The molecular weight excluding hydrogens is 659 g/mol. The van der Waals surface area contributed by atoms with Crippen LogP contribution in [0.5, 0.6) is 0 Å². The Morgan fingerprint density at radius 1 is 0.830 bits per heavy atom. The van der Waals surface area contributed by atoms with Crippen LogP contribution >= 0.6 is 0 Å². The number of fused-ring (bicyclic) bond motifs is 5. The predicted octanol–water partition coefficient (Wildman–Crippen LogP) is 9.64. The molecule has 1 saturated heterocycles. The van der Waals surface area contributed by atoms with E-state index >= 15 is 0 Å². The van der Waals surface area contributed by atoms with Crippen molar-refractivity contribution in [2.45, 2.75) is 31.2 Å². The van der Waals surface area contributed by atoms with E-state index in [1.807, 2.05) is 104 Å². The van der Waals surface area contributed by atoms with Crippen LogP contribution in [0.1, 0.15) is 29.2 Å². The molecule has 1 amide bonds. The van der Waals surface area contributed by atoms with Crippen LogP contribution < -0.4 is 4.90 Å². The number of nitrogens with zero attached hydrogens (tertiary/aromatic N) is 5. The third kappa shape index (κ3) is 5.50. The molecule has 258 valence electrons. The van der Waals surface area contributed by atoms with Crippen molar-refractivity contribution >= 4 is 17.5 Å². The smallest absolute Gasteiger partial charge is 0.415 e. The van der Waals surface area contributed by atoms with Gasteiger partial charge in [0.25, 0.3) is 0 Å². The molecular formula is C45H35N5O3. The summed E-state index contributed by atoms with van der Waals surface area (Å²) in [5.74, 6) is 0.838. The van der Waals surface area contributed by atoms with Crippen LogP contribution in [-0.4, -0.2) is 39.0 Å². The van der Waals surface area contributed by atoms with E-state index in [2.05, 4.69) is 74.8 Å². The number of hydrogen-bond donors (Lipinski definition) is 0. The first-order valence-corrected chi connectivity index (χ1v) is 17.7. The monoisotopic (exact) mass is 693 g/mol. The lowest BCUT2D eigenvalue weighted by molar-refractivity contribution is -0.0351. The Balaban J connectivity index is 1.03. The SMILES string of the molecule is [C-]#[N+]c1ccc(-c2cc3n(c2)Cc2cc(N4C(=O)O[C@H](COC(c5ccccc5)(c5ccccc5)c5ccccc5)[C@@H]4C)ccc2-n2ccnc2-3)cc1. The second-order valence-corrected chi connectivity index (χ2v) is 13.5. The van der Waals surface area contributed by atoms with Crippen molar-refractivity contribution in [3.8, 4) is 28.3 Å². The lowest BCUT2D eigenvalue weighted by Gasteiger charge is -2.37. The van der Waals surface area contributed by atoms with E-state index in [1.165, 1.54) is 0 Å². The number of cyclic esters (lactones) is 1. The fourth-order valence-corrected chi connectivity index (χ4v) is 7.78. The average Bonchev–Trinajstić information content (AvgIpc) is 3.92. The molecule has 0 aliphatic carbocycles. The summed E-state index contributed by atoms with van der Waals surface area (Å²) < 4.78 is 17.5. The normalized spacial score (nSPS) is 16.2. The van der Waals surface area contributed by atoms with Crippen molar-refractivity contribution in [1.82, 2.24) is 14.1 Å². The molecule has 0 spiro atoms. The Morgan fingerprint density at radius 2 is 1.47 bits per heavy atom. The first-order valence-electron chi connectivity index (χ1n) is 17.7. The van der Waals surface area contributed by atoms with E-state index < -0.39 is 17.8 Å². The van der Waals surface area contributed by atoms with E-state index in [1.54, 1.807) is 4.90 Å². The van der Waals surface area contributed by atoms with Gasteiger partial charge in [-0.2, -0.15) is 0 Å². The zero-order chi connectivity index (χ0) is 35.9. The first kappa shape index (κ1) is 32.2. The Morgan fingerprint density at radius 3 is 2.09 bits per heavy atom. The van der Waals surface area contributed by atoms with E-state index in [0.29, 0.717) is 12.2 Å². The Kier molecular flexibility index (Phi) is 7.99. The summed E-state index contributed by atoms with van der Waals surface area (Å²) in [5.41, 5.74) is 8.52. The van der Waals surface area contributed by atoms with Crippen molar-refractivity contribution in [1.29, 1.82) is 0 Å². The van der Waals surface area contributed by atoms with Crippen LogP contribution in [0.3, 0.4) is 0 Å². The fraction of sp³-hybridized carbons (Fsp3) is 0.133. The molecule has 2 atom stereocenters. The lowest BCUT2D eigenvalue weighted by atomic mass is 9.80. The number of hydrogen-bond acceptors (Lipinski definition) is 4. The average molecular weight is 694 g/mol. The van der Waals surface area contributed by atoms with Crippen LogP contribution in [0.25, 0.3) is 33.2 Å². The van der Waals surface area contributed by atoms with Gasteiger partial charge in [-0.05, 0) is 59.0 Å². The van der Waals surface area contributed by atoms with E-state index in [0.717, 1.165) is 56.3 Å².